The van der Waals surface area contributed by atoms with Crippen LogP contribution >= 0.6 is 45.5 Å². The van der Waals surface area contributed by atoms with Crippen LogP contribution < -0.4 is 11.5 Å². The van der Waals surface area contributed by atoms with Crippen LogP contribution in [0.2, 0.25) is 0 Å². The molecule has 1 saturated heterocycles. The first-order valence-electron chi connectivity index (χ1n) is 31.4. The van der Waals surface area contributed by atoms with Crippen LogP contribution in [0, 0.1) is 27.2 Å². The minimum atomic E-state index is -2.62. The third kappa shape index (κ3) is 18.4. The van der Waals surface area contributed by atoms with Gasteiger partial charge < -0.3 is 52.3 Å². The van der Waals surface area contributed by atoms with E-state index in [1.54, 1.807) is 57.1 Å². The second-order valence-corrected chi connectivity index (χ2v) is 27.0. The van der Waals surface area contributed by atoms with E-state index in [-0.39, 0.29) is 64.8 Å². The number of fused-ring (bicyclic) bond motifs is 6. The second kappa shape index (κ2) is 37.4. The molecule has 491 valence electrons. The molecular formula is C60H59B19I2N5O16. The summed E-state index contributed by atoms with van der Waals surface area (Å²) in [4.78, 5) is 101. The van der Waals surface area contributed by atoms with Gasteiger partial charge in [0.15, 0.2) is 22.8 Å². The topological polar surface area (TPSA) is 360 Å². The Morgan fingerprint density at radius 1 is 0.618 bits per heavy atom. The summed E-state index contributed by atoms with van der Waals surface area (Å²) in [5.74, 6) is -12.9. The molecule has 2 aromatic rings. The Kier molecular flexibility index (Phi) is 32.3. The fraction of sp³-hybridized carbons (Fsp3) is 0.367. The molecule has 2 aromatic carbocycles. The van der Waals surface area contributed by atoms with E-state index >= 15 is 0 Å². The second-order valence-electron chi connectivity index (χ2n) is 24.9. The first-order valence-corrected chi connectivity index (χ1v) is 33.4. The molecule has 4 amide bonds. The summed E-state index contributed by atoms with van der Waals surface area (Å²) in [5, 5.41) is 87.9. The number of aryl methyl sites for hydroxylation is 2. The van der Waals surface area contributed by atoms with Crippen molar-refractivity contribution < 1.29 is 79.2 Å². The maximum atomic E-state index is 13.7. The number of benzene rings is 2. The lowest BCUT2D eigenvalue weighted by Gasteiger charge is -2.50. The van der Waals surface area contributed by atoms with Gasteiger partial charge in [-0.05, 0) is 183 Å². The zero-order valence-corrected chi connectivity index (χ0v) is 61.1. The molecule has 9 rings (SSSR count). The third-order valence-electron chi connectivity index (χ3n) is 18.2. The molecule has 23 radical (unpaired) electrons. The molecule has 6 aliphatic carbocycles. The number of aromatic hydroxyl groups is 2. The van der Waals surface area contributed by atoms with E-state index in [1.165, 1.54) is 22.9 Å². The number of rotatable bonds is 12. The highest BCUT2D eigenvalue weighted by Crippen LogP contribution is 2.55. The largest absolute Gasteiger partial charge is 0.508 e. The number of phenols is 2. The van der Waals surface area contributed by atoms with E-state index in [0.29, 0.717) is 53.2 Å². The maximum absolute atomic E-state index is 13.7. The van der Waals surface area contributed by atoms with Crippen molar-refractivity contribution in [3.8, 4) is 11.5 Å². The summed E-state index contributed by atoms with van der Waals surface area (Å²) in [7, 11) is 65.5. The molecule has 102 heavy (non-hydrogen) atoms. The molecule has 3 fully saturated rings. The highest BCUT2D eigenvalue weighted by Gasteiger charge is 2.66. The van der Waals surface area contributed by atoms with Gasteiger partial charge in [0.2, 0.25) is 23.4 Å². The maximum Gasteiger partial charge on any atom is 0.255 e. The molecule has 7 aliphatic rings. The number of carbonyl (C=O) groups excluding carboxylic acids is 8. The number of likely N-dealkylation sites (N-methyl/N-ethyl adjacent to an activating group) is 2. The third-order valence-corrected chi connectivity index (χ3v) is 20.1. The van der Waals surface area contributed by atoms with E-state index in [4.69, 9.17) is 96.6 Å². The van der Waals surface area contributed by atoms with Gasteiger partial charge in [0.25, 0.3) is 11.8 Å². The Morgan fingerprint density at radius 2 is 0.980 bits per heavy atom. The van der Waals surface area contributed by atoms with Gasteiger partial charge in [-0.25, -0.2) is 3.11 Å². The molecule has 0 unspecified atom stereocenters. The summed E-state index contributed by atoms with van der Waals surface area (Å²) in [6, 6.07) is 2.85. The van der Waals surface area contributed by atoms with Crippen LogP contribution in [0.4, 0.5) is 0 Å². The van der Waals surface area contributed by atoms with Crippen molar-refractivity contribution in [2.75, 3.05) is 28.2 Å². The number of carbonyl (C=O) groups is 8. The Balaban J connectivity index is 0.000000292. The fourth-order valence-electron chi connectivity index (χ4n) is 13.4. The molecule has 0 spiro atoms. The highest BCUT2D eigenvalue weighted by atomic mass is 127. The minimum absolute atomic E-state index is 0.0735. The number of hydrogen-bond donors (Lipinski definition) is 10. The number of hydrogen-bond acceptors (Lipinski definition) is 18. The number of nitrogens with zero attached hydrogens (tertiary/aromatic N) is 3. The highest BCUT2D eigenvalue weighted by molar-refractivity contribution is 14.1. The summed E-state index contributed by atoms with van der Waals surface area (Å²) in [6.07, 6.45) is -1.05. The number of nitrogens with two attached hydrogens (primary N) is 2. The molecule has 0 bridgehead atoms. The molecule has 0 aromatic heterocycles. The quantitative estimate of drug-likeness (QED) is 0.0252. The molecule has 1 aliphatic heterocycles. The monoisotopic (exact) mass is 1570 g/mol. The molecule has 2 saturated carbocycles. The van der Waals surface area contributed by atoms with Crippen molar-refractivity contribution in [1.82, 2.24) is 12.9 Å². The molecule has 21 nitrogen and oxygen atoms in total. The first-order chi connectivity index (χ1) is 47.5. The van der Waals surface area contributed by atoms with Crippen LogP contribution in [-0.2, 0) is 64.0 Å². The smallest absolute Gasteiger partial charge is 0.255 e. The van der Waals surface area contributed by atoms with Gasteiger partial charge in [0.05, 0.1) is 49.6 Å². The van der Waals surface area contributed by atoms with Gasteiger partial charge in [-0.2, -0.15) is 0 Å². The average Bonchev–Trinajstić information content (AvgIpc) is 0.743. The van der Waals surface area contributed by atoms with E-state index in [2.05, 4.69) is 59.0 Å². The summed E-state index contributed by atoms with van der Waals surface area (Å²) < 4.78 is 1.64. The van der Waals surface area contributed by atoms with E-state index in [9.17, 15) is 79.2 Å². The van der Waals surface area contributed by atoms with E-state index in [1.807, 2.05) is 42.5 Å². The van der Waals surface area contributed by atoms with E-state index in [0.717, 1.165) is 14.2 Å². The molecule has 12 N–H and O–H groups in total. The standard InChI is InChI=1S/C23H25IN2O7.C23H26N2O7.C10H4.C4H4INO2.B10.B9/c1-4-8-7-12(24)17(27)14-10(8)5-9-6-11-16(26(2)3)19(29)15(22(25)32)21(31)23(11,33)20(30)13(9)18(14)28;1-4-9-5-6-13(26)15-11(9)7-10-8-12-17(25(2)3)19(28)16(22(24)31)21(30)23(12,32)20(29)14(10)18(15)27;1-3-5-7-9-10-8-6-4-2;5-6-3(7)1-2-4(6)8;1-7(2)10(8(3)4)9(5)6;1-6-9(7(2)3)8(4)5/h7,9,11,16,27-28,31,33H,4-6H2,1-3H3,(H2,25,32);5-6,10,12,17,26-27,30,32H,4,7-8H2,1-3H3,(H2,24,31);1-2H2;1-2H2;;/t9-,11-,16-,23-;10-,12-,17-,23-;;;;/m00..../s1. The number of Topliss-reactive ketones (excluding diaryl/α,β-unsaturated/α-hetero) is 4. The Bertz CT molecular complexity index is 4080. The van der Waals surface area contributed by atoms with Gasteiger partial charge in [-0.3, -0.25) is 48.2 Å². The number of halogens is 2. The lowest BCUT2D eigenvalue weighted by Crippen LogP contribution is -2.65. The number of imide groups is 1. The van der Waals surface area contributed by atoms with Gasteiger partial charge in [-0.15, -0.1) is 0 Å². The van der Waals surface area contributed by atoms with Crippen molar-refractivity contribution in [2.24, 2.45) is 35.1 Å². The van der Waals surface area contributed by atoms with Crippen LogP contribution in [0.5, 0.6) is 11.5 Å². The van der Waals surface area contributed by atoms with Crippen molar-refractivity contribution >= 4 is 241 Å². The van der Waals surface area contributed by atoms with Crippen LogP contribution in [-0.4, -0.2) is 289 Å². The lowest BCUT2D eigenvalue weighted by atomic mass is 8.58. The summed E-state index contributed by atoms with van der Waals surface area (Å²) >= 11 is 3.66. The van der Waals surface area contributed by atoms with Crippen molar-refractivity contribution in [3.05, 3.63) is 148 Å². The van der Waals surface area contributed by atoms with Crippen LogP contribution in [0.1, 0.15) is 72.9 Å². The summed E-state index contributed by atoms with van der Waals surface area (Å²) in [5.41, 5.74) is 26.4. The number of amides is 4. The lowest BCUT2D eigenvalue weighted by molar-refractivity contribution is -0.155. The van der Waals surface area contributed by atoms with Crippen LogP contribution in [0.3, 0.4) is 0 Å². The molecular weight excluding hydrogens is 1510 g/mol. The number of aliphatic hydroxyl groups is 6. The predicted molar refractivity (Wildman–Crippen MR) is 424 cm³/mol. The fourth-order valence-corrected chi connectivity index (χ4v) is 14.5. The van der Waals surface area contributed by atoms with Crippen molar-refractivity contribution in [3.63, 3.8) is 0 Å². The zero-order chi connectivity index (χ0) is 77.8. The van der Waals surface area contributed by atoms with Gasteiger partial charge >= 0.3 is 0 Å². The normalized spacial score (nSPS) is 22.3. The Morgan fingerprint density at radius 3 is 1.26 bits per heavy atom. The number of primary amides is 2. The van der Waals surface area contributed by atoms with E-state index < -0.39 is 154 Å². The Labute approximate surface area is 639 Å². The molecule has 8 atom stereocenters. The first kappa shape index (κ1) is 87.9. The number of aliphatic hydroxyl groups excluding tert-OH is 4. The summed E-state index contributed by atoms with van der Waals surface area (Å²) in [6.45, 7) is 10.4. The van der Waals surface area contributed by atoms with Gasteiger partial charge in [0, 0.05) is 173 Å². The van der Waals surface area contributed by atoms with Gasteiger partial charge in [0.1, 0.15) is 45.7 Å². The zero-order valence-electron chi connectivity index (χ0n) is 56.8. The molecule has 1 heterocycles. The molecule has 42 heteroatoms. The SMILES string of the molecule is C=C=C=C=C=C=C=C=C=C.CCc1cc(I)c(O)c2c1C[C@H]1C[C@H]3[C@H](N(C)C)C(=O)C(C(N)=O)=C(O)[C@@]3(O)C(=O)C1=C2O.CCc1ccc(O)c2c1C[C@H]1C[C@H]3[C@H](N(C)C)C(=O)C(C(N)=O)=C(O)[C@@]3(O)C(=O)C1=C2O.O=C1CCC(=O)N1I.[B]B([B])B(B([B])[B])B([B])[B].[B][B]B(B([B])[B])B([B])[B]. The predicted octanol–water partition coefficient (Wildman–Crippen LogP) is -3.05. The Hall–Kier alpha value is -6.53. The van der Waals surface area contributed by atoms with Crippen LogP contribution in [0.25, 0.3) is 11.5 Å². The number of phenolic OH excluding ortho intramolecular Hbond substituents is 2. The minimum Gasteiger partial charge on any atom is -0.508 e. The van der Waals surface area contributed by atoms with Crippen LogP contribution in [0.15, 0.2) is 111 Å². The van der Waals surface area contributed by atoms with Gasteiger partial charge in [-0.1, -0.05) is 31.4 Å². The van der Waals surface area contributed by atoms with Crippen molar-refractivity contribution in [2.45, 2.75) is 88.5 Å². The number of ketones is 4. The van der Waals surface area contributed by atoms with Crippen molar-refractivity contribution in [1.29, 1.82) is 0 Å². The average molecular weight is 1570 g/mol.